The molecule has 180 valence electrons. The summed E-state index contributed by atoms with van der Waals surface area (Å²) in [6.07, 6.45) is 2.21. The van der Waals surface area contributed by atoms with Crippen LogP contribution in [0.3, 0.4) is 0 Å². The average Bonchev–Trinajstić information content (AvgIpc) is 2.80. The van der Waals surface area contributed by atoms with Gasteiger partial charge in [0.05, 0.1) is 24.7 Å². The summed E-state index contributed by atoms with van der Waals surface area (Å²) in [5.74, 6) is 1.18. The second kappa shape index (κ2) is 9.95. The van der Waals surface area contributed by atoms with E-state index in [9.17, 15) is 4.57 Å². The first-order valence-corrected chi connectivity index (χ1v) is 14.1. The molecule has 1 aliphatic heterocycles. The molecule has 3 aromatic rings. The van der Waals surface area contributed by atoms with Crippen molar-refractivity contribution in [2.24, 2.45) is 0 Å². The van der Waals surface area contributed by atoms with Crippen molar-refractivity contribution in [3.8, 4) is 5.75 Å². The number of anilines is 4. The highest BCUT2D eigenvalue weighted by Gasteiger charge is 2.21. The molecule has 2 N–H and O–H groups in total. The third-order valence-electron chi connectivity index (χ3n) is 5.66. The molecule has 9 heteroatoms. The van der Waals surface area contributed by atoms with Crippen LogP contribution in [0, 0.1) is 0 Å². The van der Waals surface area contributed by atoms with E-state index in [-0.39, 0.29) is 12.0 Å². The second-order valence-corrected chi connectivity index (χ2v) is 12.5. The van der Waals surface area contributed by atoms with Gasteiger partial charge in [0.15, 0.2) is 5.82 Å². The van der Waals surface area contributed by atoms with Gasteiger partial charge in [0.25, 0.3) is 0 Å². The number of benzene rings is 2. The molecule has 0 atom stereocenters. The highest BCUT2D eigenvalue weighted by molar-refractivity contribution is 7.70. The van der Waals surface area contributed by atoms with E-state index in [1.807, 2.05) is 49.1 Å². The lowest BCUT2D eigenvalue weighted by Crippen LogP contribution is -2.35. The Balaban J connectivity index is 1.69. The van der Waals surface area contributed by atoms with Crippen LogP contribution in [0.5, 0.6) is 5.75 Å². The molecule has 0 amide bonds. The highest BCUT2D eigenvalue weighted by Crippen LogP contribution is 2.39. The summed E-state index contributed by atoms with van der Waals surface area (Å²) in [7, 11) is -0.967. The van der Waals surface area contributed by atoms with E-state index in [1.165, 1.54) is 6.20 Å². The molecule has 0 saturated carbocycles. The summed E-state index contributed by atoms with van der Waals surface area (Å²) in [6.45, 7) is 6.42. The smallest absolute Gasteiger partial charge is 0.229 e. The number of fused-ring (bicyclic) bond motifs is 1. The van der Waals surface area contributed by atoms with Gasteiger partial charge in [-0.05, 0) is 69.0 Å². The van der Waals surface area contributed by atoms with E-state index < -0.39 is 13.6 Å². The first-order chi connectivity index (χ1) is 16.9. The van der Waals surface area contributed by atoms with Gasteiger partial charge in [-0.15, -0.1) is 0 Å². The van der Waals surface area contributed by atoms with Crippen molar-refractivity contribution in [1.82, 2.24) is 14.9 Å². The maximum Gasteiger partial charge on any atom is 0.229 e. The topological polar surface area (TPSA) is 79.4 Å². The zero-order valence-corrected chi connectivity index (χ0v) is 21.7. The lowest BCUT2D eigenvalue weighted by molar-refractivity contribution is 0.203. The number of para-hydroxylation sites is 1. The van der Waals surface area contributed by atoms with Crippen molar-refractivity contribution in [3.63, 3.8) is 0 Å². The number of rotatable bonds is 7. The van der Waals surface area contributed by atoms with Crippen molar-refractivity contribution < 1.29 is 12.0 Å². The molecule has 0 saturated heterocycles. The van der Waals surface area contributed by atoms with Gasteiger partial charge in [-0.3, -0.25) is 4.90 Å². The van der Waals surface area contributed by atoms with Crippen LogP contribution in [0.25, 0.3) is 0 Å². The first kappa shape index (κ1) is 21.9. The van der Waals surface area contributed by atoms with Crippen LogP contribution in [-0.4, -0.2) is 47.9 Å². The number of ether oxygens (including phenoxy) is 1. The molecule has 1 aromatic heterocycles. The fourth-order valence-electron chi connectivity index (χ4n) is 3.85. The number of aromatic nitrogens is 2. The molecule has 0 spiro atoms. The minimum atomic E-state index is -2.54. The quantitative estimate of drug-likeness (QED) is 0.405. The standard InChI is InChI=1S/C25H31ClN5O2P/c1-16(2)31-11-10-17-13-22(33-3)21(12-18(17)15-31)29-25-27-14-19(26)24(30-25)28-20-8-6-7-9-23(20)34(4,5)32/h6-9,12-14,16H,10-11,15H2,1-5H3,(H2,27,28,29,30)/i15D2. The highest BCUT2D eigenvalue weighted by atomic mass is 35.5. The van der Waals surface area contributed by atoms with E-state index in [2.05, 4.69) is 20.6 Å². The molecule has 0 unspecified atom stereocenters. The molecule has 7 nitrogen and oxygen atoms in total. The van der Waals surface area contributed by atoms with Gasteiger partial charge in [0.2, 0.25) is 5.95 Å². The van der Waals surface area contributed by atoms with E-state index in [4.69, 9.17) is 19.1 Å². The Hall–Kier alpha value is -2.60. The summed E-state index contributed by atoms with van der Waals surface area (Å²) in [6, 6.07) is 11.0. The Morgan fingerprint density at radius 1 is 1.18 bits per heavy atom. The molecular formula is C25H31ClN5O2P. The molecular weight excluding hydrogens is 469 g/mol. The van der Waals surface area contributed by atoms with Crippen LogP contribution in [0.4, 0.5) is 23.1 Å². The van der Waals surface area contributed by atoms with Crippen molar-refractivity contribution in [2.75, 3.05) is 37.6 Å². The summed E-state index contributed by atoms with van der Waals surface area (Å²) in [4.78, 5) is 10.7. The van der Waals surface area contributed by atoms with Crippen LogP contribution in [0.2, 0.25) is 5.02 Å². The normalized spacial score (nSPS) is 16.4. The fraction of sp³-hybridized carbons (Fsp3) is 0.360. The van der Waals surface area contributed by atoms with E-state index >= 15 is 0 Å². The largest absolute Gasteiger partial charge is 0.495 e. The van der Waals surface area contributed by atoms with Crippen LogP contribution in [-0.2, 0) is 17.5 Å². The molecule has 2 heterocycles. The number of hydrogen-bond acceptors (Lipinski definition) is 7. The lowest BCUT2D eigenvalue weighted by Gasteiger charge is -2.32. The number of nitrogens with zero attached hydrogens (tertiary/aromatic N) is 3. The van der Waals surface area contributed by atoms with Gasteiger partial charge in [0.1, 0.15) is 17.9 Å². The van der Waals surface area contributed by atoms with E-state index in [0.29, 0.717) is 45.4 Å². The van der Waals surface area contributed by atoms with Gasteiger partial charge >= 0.3 is 0 Å². The van der Waals surface area contributed by atoms with Gasteiger partial charge in [-0.1, -0.05) is 23.7 Å². The van der Waals surface area contributed by atoms with Crippen LogP contribution >= 0.6 is 18.7 Å². The Morgan fingerprint density at radius 3 is 2.65 bits per heavy atom. The maximum atomic E-state index is 12.8. The van der Waals surface area contributed by atoms with Crippen molar-refractivity contribution >= 4 is 47.2 Å². The van der Waals surface area contributed by atoms with Gasteiger partial charge in [-0.2, -0.15) is 4.98 Å². The van der Waals surface area contributed by atoms with Gasteiger partial charge in [-0.25, -0.2) is 4.98 Å². The molecule has 0 fully saturated rings. The number of nitrogens with one attached hydrogen (secondary N) is 2. The van der Waals surface area contributed by atoms with Crippen LogP contribution in [0.15, 0.2) is 42.6 Å². The summed E-state index contributed by atoms with van der Waals surface area (Å²) in [5.41, 5.74) is 2.71. The molecule has 0 bridgehead atoms. The third kappa shape index (κ3) is 5.38. The van der Waals surface area contributed by atoms with E-state index in [0.717, 1.165) is 12.0 Å². The summed E-state index contributed by atoms with van der Waals surface area (Å²) >= 11 is 6.39. The molecule has 2 aromatic carbocycles. The van der Waals surface area contributed by atoms with Crippen molar-refractivity contribution in [1.29, 1.82) is 0 Å². The molecule has 4 rings (SSSR count). The van der Waals surface area contributed by atoms with Crippen LogP contribution in [0.1, 0.15) is 27.7 Å². The Morgan fingerprint density at radius 2 is 1.94 bits per heavy atom. The van der Waals surface area contributed by atoms with Crippen LogP contribution < -0.4 is 20.7 Å². The predicted octanol–water partition coefficient (Wildman–Crippen LogP) is 5.64. The van der Waals surface area contributed by atoms with E-state index in [1.54, 1.807) is 26.5 Å². The summed E-state index contributed by atoms with van der Waals surface area (Å²) in [5, 5.41) is 7.36. The molecule has 0 aliphatic carbocycles. The Bertz CT molecular complexity index is 1330. The van der Waals surface area contributed by atoms with Crippen molar-refractivity contribution in [3.05, 3.63) is 58.7 Å². The van der Waals surface area contributed by atoms with Gasteiger partial charge in [0, 0.05) is 27.1 Å². The minimum absolute atomic E-state index is 0.0596. The number of methoxy groups -OCH3 is 1. The molecule has 34 heavy (non-hydrogen) atoms. The molecule has 0 radical (unpaired) electrons. The second-order valence-electron chi connectivity index (χ2n) is 8.87. The van der Waals surface area contributed by atoms with Gasteiger partial charge < -0.3 is 19.9 Å². The number of halogens is 1. The van der Waals surface area contributed by atoms with Crippen molar-refractivity contribution in [2.45, 2.75) is 32.8 Å². The minimum Gasteiger partial charge on any atom is -0.495 e. The predicted molar refractivity (Wildman–Crippen MR) is 141 cm³/mol. The zero-order chi connectivity index (χ0) is 26.3. The summed E-state index contributed by atoms with van der Waals surface area (Å²) < 4.78 is 36.0. The Kier molecular flexibility index (Phi) is 6.41. The molecule has 1 aliphatic rings. The zero-order valence-electron chi connectivity index (χ0n) is 22.0. The number of hydrogen-bond donors (Lipinski definition) is 2. The first-order valence-electron chi connectivity index (χ1n) is 12.1. The monoisotopic (exact) mass is 501 g/mol. The lowest BCUT2D eigenvalue weighted by atomic mass is 9.97. The third-order valence-corrected chi connectivity index (χ3v) is 7.49. The Labute approximate surface area is 209 Å². The SMILES string of the molecule is [2H]C1([2H])c2cc(Nc3ncc(Cl)c(Nc4ccccc4P(C)(C)=O)n3)c(OC)cc2CCN1C(C)C. The fourth-order valence-corrected chi connectivity index (χ4v) is 5.14. The maximum absolute atomic E-state index is 12.8. The average molecular weight is 502 g/mol.